The van der Waals surface area contributed by atoms with Gasteiger partial charge in [-0.3, -0.25) is 0 Å². The van der Waals surface area contributed by atoms with Crippen molar-refractivity contribution >= 4 is 12.1 Å². The van der Waals surface area contributed by atoms with Gasteiger partial charge in [-0.15, -0.1) is 0 Å². The third-order valence-corrected chi connectivity index (χ3v) is 8.34. The average Bonchev–Trinajstić information content (AvgIpc) is 3.28. The summed E-state index contributed by atoms with van der Waals surface area (Å²) in [6, 6.07) is 14.9. The van der Waals surface area contributed by atoms with Crippen LogP contribution in [0.25, 0.3) is 11.1 Å². The lowest BCUT2D eigenvalue weighted by Crippen LogP contribution is -2.68. The van der Waals surface area contributed by atoms with Crippen LogP contribution in [0.4, 0.5) is 4.79 Å². The van der Waals surface area contributed by atoms with Gasteiger partial charge in [-0.25, -0.2) is 9.59 Å². The van der Waals surface area contributed by atoms with Crippen LogP contribution in [0.5, 0.6) is 0 Å². The number of hydrogen-bond donors (Lipinski definition) is 2. The molecule has 2 aromatic rings. The Balaban J connectivity index is 1.10. The molecule has 1 amide bonds. The smallest absolute Gasteiger partial charge is 0.407 e. The molecule has 4 aliphatic rings. The number of rotatable bonds is 6. The minimum absolute atomic E-state index is 0.0146. The molecule has 3 saturated heterocycles. The maximum atomic E-state index is 12.8. The summed E-state index contributed by atoms with van der Waals surface area (Å²) in [6.07, 6.45) is 3.65. The number of benzene rings is 2. The molecular formula is C30H35NO8. The minimum atomic E-state index is -1.21. The number of amides is 1. The fourth-order valence-electron chi connectivity index (χ4n) is 6.46. The summed E-state index contributed by atoms with van der Waals surface area (Å²) in [6.45, 7) is 1.36. The van der Waals surface area contributed by atoms with E-state index >= 15 is 0 Å². The van der Waals surface area contributed by atoms with E-state index in [1.54, 1.807) is 0 Å². The molecule has 0 radical (unpaired) electrons. The van der Waals surface area contributed by atoms with Crippen LogP contribution < -0.4 is 5.32 Å². The Labute approximate surface area is 227 Å². The van der Waals surface area contributed by atoms with Crippen LogP contribution in [-0.4, -0.2) is 67.3 Å². The van der Waals surface area contributed by atoms with E-state index in [0.717, 1.165) is 47.9 Å². The number of carboxylic acid groups (broad SMARTS) is 1. The SMILES string of the molecule is O=C(NC(CC1COC2(CCCCO2)C2(CCCCO2)O1)C(=O)O)OCC1c2ccccc2-c2ccccc21. The molecule has 0 bridgehead atoms. The van der Waals surface area contributed by atoms with Gasteiger partial charge in [0.25, 0.3) is 0 Å². The summed E-state index contributed by atoms with van der Waals surface area (Å²) in [5.74, 6) is -3.32. The predicted octanol–water partition coefficient (Wildman–Crippen LogP) is 4.58. The molecule has 2 spiro atoms. The van der Waals surface area contributed by atoms with Gasteiger partial charge in [0.2, 0.25) is 11.6 Å². The van der Waals surface area contributed by atoms with Crippen LogP contribution in [0, 0.1) is 0 Å². The zero-order chi connectivity index (χ0) is 26.9. The molecule has 1 aliphatic carbocycles. The third-order valence-electron chi connectivity index (χ3n) is 8.34. The highest BCUT2D eigenvalue weighted by Crippen LogP contribution is 2.48. The number of nitrogens with one attached hydrogen (secondary N) is 1. The average molecular weight is 538 g/mol. The van der Waals surface area contributed by atoms with E-state index in [1.165, 1.54) is 0 Å². The van der Waals surface area contributed by atoms with E-state index < -0.39 is 35.8 Å². The van der Waals surface area contributed by atoms with Crippen molar-refractivity contribution in [1.29, 1.82) is 0 Å². The molecule has 0 saturated carbocycles. The lowest BCUT2D eigenvalue weighted by molar-refractivity contribution is -0.466. The van der Waals surface area contributed by atoms with Crippen LogP contribution in [-0.2, 0) is 28.5 Å². The molecule has 2 aromatic carbocycles. The fourth-order valence-corrected chi connectivity index (χ4v) is 6.46. The molecule has 3 aliphatic heterocycles. The van der Waals surface area contributed by atoms with Crippen molar-refractivity contribution in [2.75, 3.05) is 26.4 Å². The standard InChI is InChI=1S/C30H35NO8/c32-27(33)26(17-20-18-38-29(13-5-7-15-36-29)30(39-20)14-6-8-16-37-30)31-28(34)35-19-25-23-11-3-1-9-21(23)22-10-2-4-12-24(22)25/h1-4,9-12,20,25-26H,5-8,13-19H2,(H,31,34)(H,32,33). The zero-order valence-electron chi connectivity index (χ0n) is 21.9. The second kappa shape index (κ2) is 10.9. The molecule has 4 atom stereocenters. The summed E-state index contributed by atoms with van der Waals surface area (Å²) in [4.78, 5) is 24.9. The van der Waals surface area contributed by atoms with Gasteiger partial charge in [-0.05, 0) is 47.9 Å². The number of alkyl carbamates (subject to hydrolysis) is 1. The normalized spacial score (nSPS) is 29.0. The molecule has 208 valence electrons. The van der Waals surface area contributed by atoms with Crippen molar-refractivity contribution in [2.45, 2.75) is 74.6 Å². The summed E-state index contributed by atoms with van der Waals surface area (Å²) >= 11 is 0. The van der Waals surface area contributed by atoms with Crippen molar-refractivity contribution in [2.24, 2.45) is 0 Å². The molecule has 9 heteroatoms. The van der Waals surface area contributed by atoms with Gasteiger partial charge < -0.3 is 34.1 Å². The van der Waals surface area contributed by atoms with E-state index in [2.05, 4.69) is 17.4 Å². The lowest BCUT2D eigenvalue weighted by Gasteiger charge is -2.56. The Hall–Kier alpha value is -2.98. The topological polar surface area (TPSA) is 113 Å². The Kier molecular flexibility index (Phi) is 7.33. The van der Waals surface area contributed by atoms with Gasteiger partial charge in [0.15, 0.2) is 0 Å². The Morgan fingerprint density at radius 2 is 1.51 bits per heavy atom. The largest absolute Gasteiger partial charge is 0.480 e. The Morgan fingerprint density at radius 3 is 2.10 bits per heavy atom. The van der Waals surface area contributed by atoms with Gasteiger partial charge in [0, 0.05) is 25.2 Å². The molecule has 3 fully saturated rings. The van der Waals surface area contributed by atoms with E-state index in [9.17, 15) is 14.7 Å². The summed E-state index contributed by atoms with van der Waals surface area (Å²) in [5, 5.41) is 12.4. The van der Waals surface area contributed by atoms with Crippen LogP contribution in [0.3, 0.4) is 0 Å². The first kappa shape index (κ1) is 26.3. The monoisotopic (exact) mass is 537 g/mol. The number of ether oxygens (including phenoxy) is 5. The maximum Gasteiger partial charge on any atom is 0.407 e. The Morgan fingerprint density at radius 1 is 0.897 bits per heavy atom. The lowest BCUT2D eigenvalue weighted by atomic mass is 9.89. The quantitative estimate of drug-likeness (QED) is 0.551. The third kappa shape index (κ3) is 4.93. The highest BCUT2D eigenvalue weighted by molar-refractivity contribution is 5.81. The summed E-state index contributed by atoms with van der Waals surface area (Å²) < 4.78 is 30.6. The molecule has 6 rings (SSSR count). The minimum Gasteiger partial charge on any atom is -0.480 e. The summed E-state index contributed by atoms with van der Waals surface area (Å²) in [5.41, 5.74) is 4.42. The molecule has 39 heavy (non-hydrogen) atoms. The first-order valence-corrected chi connectivity index (χ1v) is 13.9. The highest BCUT2D eigenvalue weighted by atomic mass is 16.8. The maximum absolute atomic E-state index is 12.8. The van der Waals surface area contributed by atoms with Gasteiger partial charge >= 0.3 is 12.1 Å². The van der Waals surface area contributed by atoms with Crippen LogP contribution in [0.2, 0.25) is 0 Å². The van der Waals surface area contributed by atoms with Gasteiger partial charge in [-0.1, -0.05) is 48.5 Å². The molecular weight excluding hydrogens is 502 g/mol. The molecule has 4 unspecified atom stereocenters. The van der Waals surface area contributed by atoms with E-state index in [-0.39, 0.29) is 25.6 Å². The zero-order valence-corrected chi connectivity index (χ0v) is 21.9. The van der Waals surface area contributed by atoms with E-state index in [4.69, 9.17) is 23.7 Å². The first-order valence-electron chi connectivity index (χ1n) is 13.9. The van der Waals surface area contributed by atoms with Crippen molar-refractivity contribution in [1.82, 2.24) is 5.32 Å². The highest BCUT2D eigenvalue weighted by Gasteiger charge is 2.61. The second-order valence-corrected chi connectivity index (χ2v) is 10.8. The van der Waals surface area contributed by atoms with Gasteiger partial charge in [0.05, 0.1) is 25.9 Å². The molecule has 2 N–H and O–H groups in total. The second-order valence-electron chi connectivity index (χ2n) is 10.8. The van der Waals surface area contributed by atoms with E-state index in [0.29, 0.717) is 26.1 Å². The van der Waals surface area contributed by atoms with Gasteiger partial charge in [-0.2, -0.15) is 0 Å². The number of carbonyl (C=O) groups is 2. The Bertz CT molecular complexity index is 1160. The molecule has 9 nitrogen and oxygen atoms in total. The van der Waals surface area contributed by atoms with Crippen LogP contribution in [0.15, 0.2) is 48.5 Å². The number of carboxylic acids is 1. The van der Waals surface area contributed by atoms with Crippen molar-refractivity contribution < 1.29 is 38.4 Å². The van der Waals surface area contributed by atoms with Gasteiger partial charge in [0.1, 0.15) is 12.6 Å². The fraction of sp³-hybridized carbons (Fsp3) is 0.533. The predicted molar refractivity (Wildman–Crippen MR) is 140 cm³/mol. The number of aliphatic carboxylic acids is 1. The van der Waals surface area contributed by atoms with Crippen LogP contribution in [0.1, 0.15) is 62.0 Å². The van der Waals surface area contributed by atoms with Crippen molar-refractivity contribution in [3.8, 4) is 11.1 Å². The number of fused-ring (bicyclic) bond motifs is 4. The first-order chi connectivity index (χ1) is 19.0. The van der Waals surface area contributed by atoms with Crippen molar-refractivity contribution in [3.63, 3.8) is 0 Å². The number of carbonyl (C=O) groups excluding carboxylic acids is 1. The summed E-state index contributed by atoms with van der Waals surface area (Å²) in [7, 11) is 0. The molecule has 3 heterocycles. The van der Waals surface area contributed by atoms with Crippen molar-refractivity contribution in [3.05, 3.63) is 59.7 Å². The number of hydrogen-bond acceptors (Lipinski definition) is 7. The molecule has 0 aromatic heterocycles. The van der Waals surface area contributed by atoms with Crippen LogP contribution >= 0.6 is 0 Å². The van der Waals surface area contributed by atoms with E-state index in [1.807, 2.05) is 36.4 Å².